The number of para-hydroxylation sites is 1. The van der Waals surface area contributed by atoms with Gasteiger partial charge in [0.15, 0.2) is 0 Å². The number of anilines is 1. The molecule has 2 unspecified atom stereocenters. The normalized spacial score (nSPS) is 16.3. The molecule has 0 saturated carbocycles. The highest BCUT2D eigenvalue weighted by atomic mass is 16.7. The SMILES string of the molecule is C=CCOC(=O)Oc1cc(C)c(CC(N)C(=O)N2CC(C)Cc3ccccc32)c(C)c1. The van der Waals surface area contributed by atoms with Gasteiger partial charge in [-0.3, -0.25) is 4.79 Å². The largest absolute Gasteiger partial charge is 0.514 e. The number of benzene rings is 2. The van der Waals surface area contributed by atoms with Crippen LogP contribution in [0.15, 0.2) is 49.1 Å². The molecule has 0 bridgehead atoms. The van der Waals surface area contributed by atoms with Gasteiger partial charge in [0.25, 0.3) is 0 Å². The summed E-state index contributed by atoms with van der Waals surface area (Å²) in [6.07, 6.45) is 2.06. The number of nitrogens with two attached hydrogens (primary N) is 1. The second-order valence-electron chi connectivity index (χ2n) is 8.18. The van der Waals surface area contributed by atoms with Crippen molar-refractivity contribution in [3.8, 4) is 5.75 Å². The monoisotopic (exact) mass is 422 g/mol. The lowest BCUT2D eigenvalue weighted by Crippen LogP contribution is -2.48. The van der Waals surface area contributed by atoms with Gasteiger partial charge in [-0.05, 0) is 73.1 Å². The van der Waals surface area contributed by atoms with Gasteiger partial charge in [-0.1, -0.05) is 37.8 Å². The smallest absolute Gasteiger partial charge is 0.430 e. The average molecular weight is 423 g/mol. The minimum absolute atomic E-state index is 0.0777. The van der Waals surface area contributed by atoms with Gasteiger partial charge in [-0.2, -0.15) is 0 Å². The number of fused-ring (bicyclic) bond motifs is 1. The Balaban J connectivity index is 1.74. The first-order valence-corrected chi connectivity index (χ1v) is 10.5. The quantitative estimate of drug-likeness (QED) is 0.431. The van der Waals surface area contributed by atoms with E-state index >= 15 is 0 Å². The van der Waals surface area contributed by atoms with Gasteiger partial charge in [0.05, 0.1) is 6.04 Å². The Morgan fingerprint density at radius 1 is 1.26 bits per heavy atom. The lowest BCUT2D eigenvalue weighted by Gasteiger charge is -2.34. The fourth-order valence-electron chi connectivity index (χ4n) is 4.10. The molecule has 2 atom stereocenters. The van der Waals surface area contributed by atoms with Gasteiger partial charge in [0, 0.05) is 12.2 Å². The number of ether oxygens (including phenoxy) is 2. The number of hydrogen-bond donors (Lipinski definition) is 1. The maximum absolute atomic E-state index is 13.3. The molecule has 0 aromatic heterocycles. The topological polar surface area (TPSA) is 81.9 Å². The van der Waals surface area contributed by atoms with E-state index in [-0.39, 0.29) is 12.5 Å². The van der Waals surface area contributed by atoms with Crippen molar-refractivity contribution in [1.82, 2.24) is 0 Å². The van der Waals surface area contributed by atoms with E-state index in [1.807, 2.05) is 36.9 Å². The zero-order valence-electron chi connectivity index (χ0n) is 18.4. The molecule has 1 aliphatic heterocycles. The predicted octanol–water partition coefficient (Wildman–Crippen LogP) is 4.10. The Morgan fingerprint density at radius 3 is 2.61 bits per heavy atom. The average Bonchev–Trinajstić information content (AvgIpc) is 2.73. The molecule has 2 N–H and O–H groups in total. The highest BCUT2D eigenvalue weighted by Gasteiger charge is 2.30. The third-order valence-electron chi connectivity index (χ3n) is 5.54. The van der Waals surface area contributed by atoms with E-state index in [0.717, 1.165) is 28.8 Å². The van der Waals surface area contributed by atoms with Gasteiger partial charge < -0.3 is 20.1 Å². The Hall–Kier alpha value is -3.12. The number of hydrogen-bond acceptors (Lipinski definition) is 5. The van der Waals surface area contributed by atoms with E-state index in [1.54, 1.807) is 12.1 Å². The van der Waals surface area contributed by atoms with Crippen LogP contribution >= 0.6 is 0 Å². The van der Waals surface area contributed by atoms with Gasteiger partial charge in [-0.15, -0.1) is 0 Å². The minimum atomic E-state index is -0.781. The molecule has 0 fully saturated rings. The maximum atomic E-state index is 13.3. The first kappa shape index (κ1) is 22.6. The molecule has 2 aromatic carbocycles. The Kier molecular flexibility index (Phi) is 7.13. The van der Waals surface area contributed by atoms with Gasteiger partial charge in [0.1, 0.15) is 12.4 Å². The highest BCUT2D eigenvalue weighted by Crippen LogP contribution is 2.30. The summed E-state index contributed by atoms with van der Waals surface area (Å²) in [5.41, 5.74) is 11.3. The van der Waals surface area contributed by atoms with Crippen molar-refractivity contribution in [1.29, 1.82) is 0 Å². The molecule has 164 valence electrons. The molecule has 6 heteroatoms. The van der Waals surface area contributed by atoms with Crippen LogP contribution in [0.25, 0.3) is 0 Å². The molecule has 0 aliphatic carbocycles. The zero-order chi connectivity index (χ0) is 22.5. The third-order valence-corrected chi connectivity index (χ3v) is 5.54. The Labute approximate surface area is 183 Å². The predicted molar refractivity (Wildman–Crippen MR) is 121 cm³/mol. The van der Waals surface area contributed by atoms with E-state index in [4.69, 9.17) is 15.2 Å². The Bertz CT molecular complexity index is 962. The molecule has 1 heterocycles. The molecular formula is C25H30N2O4. The number of carbonyl (C=O) groups is 2. The highest BCUT2D eigenvalue weighted by molar-refractivity contribution is 5.98. The van der Waals surface area contributed by atoms with Crippen molar-refractivity contribution in [2.45, 2.75) is 39.7 Å². The molecule has 1 amide bonds. The van der Waals surface area contributed by atoms with E-state index in [2.05, 4.69) is 19.6 Å². The number of rotatable bonds is 6. The number of carbonyl (C=O) groups excluding carboxylic acids is 2. The van der Waals surface area contributed by atoms with E-state index in [1.165, 1.54) is 11.6 Å². The van der Waals surface area contributed by atoms with E-state index < -0.39 is 12.2 Å². The molecule has 31 heavy (non-hydrogen) atoms. The fraction of sp³-hybridized carbons (Fsp3) is 0.360. The number of amides is 1. The van der Waals surface area contributed by atoms with Crippen LogP contribution in [0.5, 0.6) is 5.75 Å². The Morgan fingerprint density at radius 2 is 1.94 bits per heavy atom. The van der Waals surface area contributed by atoms with Crippen molar-refractivity contribution in [2.75, 3.05) is 18.1 Å². The first-order valence-electron chi connectivity index (χ1n) is 10.5. The van der Waals surface area contributed by atoms with Crippen LogP contribution < -0.4 is 15.4 Å². The number of aryl methyl sites for hydroxylation is 2. The second kappa shape index (κ2) is 9.79. The third kappa shape index (κ3) is 5.33. The second-order valence-corrected chi connectivity index (χ2v) is 8.18. The van der Waals surface area contributed by atoms with E-state index in [9.17, 15) is 9.59 Å². The van der Waals surface area contributed by atoms with Gasteiger partial charge >= 0.3 is 6.16 Å². The molecule has 2 aromatic rings. The summed E-state index contributed by atoms with van der Waals surface area (Å²) in [6, 6.07) is 10.9. The van der Waals surface area contributed by atoms with E-state index in [0.29, 0.717) is 24.6 Å². The van der Waals surface area contributed by atoms with Crippen LogP contribution in [0.2, 0.25) is 0 Å². The summed E-state index contributed by atoms with van der Waals surface area (Å²) >= 11 is 0. The molecule has 1 aliphatic rings. The summed E-state index contributed by atoms with van der Waals surface area (Å²) in [5.74, 6) is 0.699. The van der Waals surface area contributed by atoms with Crippen molar-refractivity contribution in [3.05, 3.63) is 71.3 Å². The van der Waals surface area contributed by atoms with Crippen LogP contribution in [0.3, 0.4) is 0 Å². The molecule has 0 saturated heterocycles. The standard InChI is InChI=1S/C25H30N2O4/c1-5-10-30-25(29)31-20-12-17(3)21(18(4)13-20)14-22(26)24(28)27-15-16(2)11-19-8-6-7-9-23(19)27/h5-9,12-13,16,22H,1,10-11,14-15,26H2,2-4H3. The maximum Gasteiger partial charge on any atom is 0.514 e. The summed E-state index contributed by atoms with van der Waals surface area (Å²) in [4.78, 5) is 26.8. The van der Waals surface area contributed by atoms with Crippen LogP contribution in [0, 0.1) is 19.8 Å². The van der Waals surface area contributed by atoms with Crippen molar-refractivity contribution in [3.63, 3.8) is 0 Å². The molecular weight excluding hydrogens is 392 g/mol. The minimum Gasteiger partial charge on any atom is -0.430 e. The number of nitrogens with zero attached hydrogens (tertiary/aromatic N) is 1. The fourth-order valence-corrected chi connectivity index (χ4v) is 4.10. The van der Waals surface area contributed by atoms with Crippen LogP contribution in [-0.4, -0.2) is 31.3 Å². The summed E-state index contributed by atoms with van der Waals surface area (Å²) in [6.45, 7) is 10.2. The lowest BCUT2D eigenvalue weighted by molar-refractivity contribution is -0.120. The van der Waals surface area contributed by atoms with Crippen LogP contribution in [0.4, 0.5) is 10.5 Å². The first-order chi connectivity index (χ1) is 14.8. The zero-order valence-corrected chi connectivity index (χ0v) is 18.4. The van der Waals surface area contributed by atoms with Crippen molar-refractivity contribution >= 4 is 17.7 Å². The molecule has 0 radical (unpaired) electrons. The van der Waals surface area contributed by atoms with Crippen molar-refractivity contribution in [2.24, 2.45) is 11.7 Å². The molecule has 6 nitrogen and oxygen atoms in total. The lowest BCUT2D eigenvalue weighted by atomic mass is 9.92. The van der Waals surface area contributed by atoms with Crippen molar-refractivity contribution < 1.29 is 19.1 Å². The van der Waals surface area contributed by atoms with Crippen LogP contribution in [-0.2, 0) is 22.4 Å². The van der Waals surface area contributed by atoms with Gasteiger partial charge in [-0.25, -0.2) is 4.79 Å². The summed E-state index contributed by atoms with van der Waals surface area (Å²) in [7, 11) is 0. The summed E-state index contributed by atoms with van der Waals surface area (Å²) in [5, 5.41) is 0. The van der Waals surface area contributed by atoms with Gasteiger partial charge in [0.2, 0.25) is 5.91 Å². The summed E-state index contributed by atoms with van der Waals surface area (Å²) < 4.78 is 10.1. The molecule has 0 spiro atoms. The van der Waals surface area contributed by atoms with Crippen LogP contribution in [0.1, 0.15) is 29.2 Å². The molecule has 3 rings (SSSR count).